The molecule has 2 rings (SSSR count). The fraction of sp³-hybridized carbons (Fsp3) is 1.00. The molecule has 2 aliphatic carbocycles. The van der Waals surface area contributed by atoms with Crippen molar-refractivity contribution in [1.82, 2.24) is 5.32 Å². The molecule has 2 fully saturated rings. The van der Waals surface area contributed by atoms with Crippen molar-refractivity contribution in [3.05, 3.63) is 0 Å². The summed E-state index contributed by atoms with van der Waals surface area (Å²) in [6, 6.07) is 0. The standard InChI is InChI=1S/C12H23NO2/c1-9-4-11(9)5-13-6-12(14)8-15-7-10-2-3-10/h9-14H,2-8H2,1H3. The molecule has 0 radical (unpaired) electrons. The van der Waals surface area contributed by atoms with Gasteiger partial charge in [-0.15, -0.1) is 0 Å². The van der Waals surface area contributed by atoms with Gasteiger partial charge in [-0.1, -0.05) is 6.92 Å². The Balaban J connectivity index is 1.39. The van der Waals surface area contributed by atoms with E-state index in [0.29, 0.717) is 13.2 Å². The van der Waals surface area contributed by atoms with Gasteiger partial charge in [0.05, 0.1) is 12.7 Å². The summed E-state index contributed by atoms with van der Waals surface area (Å²) in [5, 5.41) is 12.9. The first-order valence-electron chi connectivity index (χ1n) is 6.22. The van der Waals surface area contributed by atoms with Gasteiger partial charge in [0.15, 0.2) is 0 Å². The van der Waals surface area contributed by atoms with Gasteiger partial charge in [0.25, 0.3) is 0 Å². The molecule has 0 bridgehead atoms. The molecule has 0 spiro atoms. The van der Waals surface area contributed by atoms with Crippen molar-refractivity contribution >= 4 is 0 Å². The average molecular weight is 213 g/mol. The molecule has 15 heavy (non-hydrogen) atoms. The third-order valence-electron chi connectivity index (χ3n) is 3.42. The van der Waals surface area contributed by atoms with Crippen LogP contribution in [0.4, 0.5) is 0 Å². The molecule has 2 saturated carbocycles. The van der Waals surface area contributed by atoms with E-state index in [2.05, 4.69) is 12.2 Å². The number of aliphatic hydroxyl groups excluding tert-OH is 1. The largest absolute Gasteiger partial charge is 0.389 e. The molecule has 2 aliphatic rings. The van der Waals surface area contributed by atoms with Gasteiger partial charge in [-0.05, 0) is 43.6 Å². The Morgan fingerprint density at radius 2 is 2.20 bits per heavy atom. The average Bonchev–Trinajstić information content (AvgIpc) is 3.06. The number of nitrogens with one attached hydrogen (secondary N) is 1. The lowest BCUT2D eigenvalue weighted by Gasteiger charge is -2.12. The van der Waals surface area contributed by atoms with E-state index in [0.717, 1.165) is 30.9 Å². The first-order chi connectivity index (χ1) is 7.25. The van der Waals surface area contributed by atoms with Gasteiger partial charge >= 0.3 is 0 Å². The molecule has 88 valence electrons. The normalized spacial score (nSPS) is 31.6. The Morgan fingerprint density at radius 3 is 2.80 bits per heavy atom. The Labute approximate surface area is 92.2 Å². The van der Waals surface area contributed by atoms with E-state index in [-0.39, 0.29) is 6.10 Å². The zero-order chi connectivity index (χ0) is 10.7. The maximum Gasteiger partial charge on any atom is 0.0897 e. The van der Waals surface area contributed by atoms with Gasteiger partial charge in [0.2, 0.25) is 0 Å². The first kappa shape index (κ1) is 11.4. The SMILES string of the molecule is CC1CC1CNCC(O)COCC1CC1. The molecular formula is C12H23NO2. The van der Waals surface area contributed by atoms with Crippen molar-refractivity contribution < 1.29 is 9.84 Å². The number of ether oxygens (including phenoxy) is 1. The molecule has 2 N–H and O–H groups in total. The summed E-state index contributed by atoms with van der Waals surface area (Å²) in [6.45, 7) is 5.34. The van der Waals surface area contributed by atoms with Crippen molar-refractivity contribution in [3.8, 4) is 0 Å². The van der Waals surface area contributed by atoms with Crippen molar-refractivity contribution in [1.29, 1.82) is 0 Å². The summed E-state index contributed by atoms with van der Waals surface area (Å²) in [5.74, 6) is 2.53. The van der Waals surface area contributed by atoms with Crippen LogP contribution in [0, 0.1) is 17.8 Å². The van der Waals surface area contributed by atoms with E-state index in [1.165, 1.54) is 19.3 Å². The Bertz CT molecular complexity index is 194. The highest BCUT2D eigenvalue weighted by atomic mass is 16.5. The molecule has 0 saturated heterocycles. The van der Waals surface area contributed by atoms with Crippen LogP contribution in [0.1, 0.15) is 26.2 Å². The highest BCUT2D eigenvalue weighted by Gasteiger charge is 2.31. The van der Waals surface area contributed by atoms with Gasteiger partial charge in [-0.3, -0.25) is 0 Å². The van der Waals surface area contributed by atoms with Crippen LogP contribution in [0.2, 0.25) is 0 Å². The second kappa shape index (κ2) is 5.28. The van der Waals surface area contributed by atoms with Gasteiger partial charge < -0.3 is 15.2 Å². The summed E-state index contributed by atoms with van der Waals surface area (Å²) in [5.41, 5.74) is 0. The van der Waals surface area contributed by atoms with Crippen molar-refractivity contribution in [3.63, 3.8) is 0 Å². The second-order valence-corrected chi connectivity index (χ2v) is 5.27. The molecule has 0 heterocycles. The maximum absolute atomic E-state index is 9.59. The molecule has 3 atom stereocenters. The molecule has 0 aliphatic heterocycles. The van der Waals surface area contributed by atoms with Crippen molar-refractivity contribution in [2.75, 3.05) is 26.3 Å². The zero-order valence-corrected chi connectivity index (χ0v) is 9.61. The van der Waals surface area contributed by atoms with Crippen LogP contribution < -0.4 is 5.32 Å². The zero-order valence-electron chi connectivity index (χ0n) is 9.61. The summed E-state index contributed by atoms with van der Waals surface area (Å²) >= 11 is 0. The van der Waals surface area contributed by atoms with E-state index < -0.39 is 0 Å². The Hall–Kier alpha value is -0.120. The number of aliphatic hydroxyl groups is 1. The van der Waals surface area contributed by atoms with E-state index in [1.807, 2.05) is 0 Å². The maximum atomic E-state index is 9.59. The number of rotatable bonds is 8. The minimum Gasteiger partial charge on any atom is -0.389 e. The summed E-state index contributed by atoms with van der Waals surface area (Å²) in [6.07, 6.45) is 3.64. The highest BCUT2D eigenvalue weighted by Crippen LogP contribution is 2.36. The molecular weight excluding hydrogens is 190 g/mol. The van der Waals surface area contributed by atoms with Crippen LogP contribution in [0.5, 0.6) is 0 Å². The minimum atomic E-state index is -0.335. The number of hydrogen-bond acceptors (Lipinski definition) is 3. The molecule has 3 unspecified atom stereocenters. The van der Waals surface area contributed by atoms with Crippen molar-refractivity contribution in [2.45, 2.75) is 32.3 Å². The Kier molecular flexibility index (Phi) is 4.00. The highest BCUT2D eigenvalue weighted by molar-refractivity contribution is 4.84. The molecule has 0 amide bonds. The third-order valence-corrected chi connectivity index (χ3v) is 3.42. The predicted octanol–water partition coefficient (Wildman–Crippen LogP) is 1.02. The van der Waals surface area contributed by atoms with Crippen LogP contribution in [0.3, 0.4) is 0 Å². The van der Waals surface area contributed by atoms with Gasteiger partial charge in [-0.2, -0.15) is 0 Å². The fourth-order valence-electron chi connectivity index (χ4n) is 1.83. The minimum absolute atomic E-state index is 0.335. The van der Waals surface area contributed by atoms with Crippen LogP contribution >= 0.6 is 0 Å². The number of hydrogen-bond donors (Lipinski definition) is 2. The smallest absolute Gasteiger partial charge is 0.0897 e. The molecule has 0 aromatic rings. The quantitative estimate of drug-likeness (QED) is 0.632. The predicted molar refractivity (Wildman–Crippen MR) is 59.7 cm³/mol. The van der Waals surface area contributed by atoms with Crippen LogP contribution in [-0.2, 0) is 4.74 Å². The van der Waals surface area contributed by atoms with E-state index in [4.69, 9.17) is 4.74 Å². The lowest BCUT2D eigenvalue weighted by molar-refractivity contribution is 0.0325. The summed E-state index contributed by atoms with van der Waals surface area (Å²) in [4.78, 5) is 0. The first-order valence-corrected chi connectivity index (χ1v) is 6.22. The van der Waals surface area contributed by atoms with E-state index >= 15 is 0 Å². The lowest BCUT2D eigenvalue weighted by atomic mass is 10.3. The Morgan fingerprint density at radius 1 is 1.47 bits per heavy atom. The van der Waals surface area contributed by atoms with Crippen LogP contribution in [-0.4, -0.2) is 37.5 Å². The molecule has 0 aromatic heterocycles. The molecule has 3 heteroatoms. The van der Waals surface area contributed by atoms with Crippen LogP contribution in [0.15, 0.2) is 0 Å². The topological polar surface area (TPSA) is 41.5 Å². The third kappa shape index (κ3) is 4.49. The molecule has 0 aromatic carbocycles. The van der Waals surface area contributed by atoms with Gasteiger partial charge in [0, 0.05) is 13.2 Å². The van der Waals surface area contributed by atoms with Crippen molar-refractivity contribution in [2.24, 2.45) is 17.8 Å². The second-order valence-electron chi connectivity index (χ2n) is 5.27. The van der Waals surface area contributed by atoms with Gasteiger partial charge in [-0.25, -0.2) is 0 Å². The summed E-state index contributed by atoms with van der Waals surface area (Å²) < 4.78 is 5.42. The monoisotopic (exact) mass is 213 g/mol. The summed E-state index contributed by atoms with van der Waals surface area (Å²) in [7, 11) is 0. The van der Waals surface area contributed by atoms with E-state index in [9.17, 15) is 5.11 Å². The molecule has 3 nitrogen and oxygen atoms in total. The van der Waals surface area contributed by atoms with Gasteiger partial charge in [0.1, 0.15) is 0 Å². The van der Waals surface area contributed by atoms with Crippen LogP contribution in [0.25, 0.3) is 0 Å². The lowest BCUT2D eigenvalue weighted by Crippen LogP contribution is -2.32. The fourth-order valence-corrected chi connectivity index (χ4v) is 1.83. The van der Waals surface area contributed by atoms with E-state index in [1.54, 1.807) is 0 Å².